The summed E-state index contributed by atoms with van der Waals surface area (Å²) in [7, 11) is 1.58. The predicted octanol–water partition coefficient (Wildman–Crippen LogP) is -0.706. The van der Waals surface area contributed by atoms with E-state index in [1.54, 1.807) is 25.3 Å². The Morgan fingerprint density at radius 3 is 2.59 bits per heavy atom. The van der Waals surface area contributed by atoms with E-state index in [0.717, 1.165) is 0 Å². The monoisotopic (exact) mass is 290 g/mol. The van der Waals surface area contributed by atoms with Crippen molar-refractivity contribution in [1.82, 2.24) is 0 Å². The molecule has 1 aromatic rings. The summed E-state index contributed by atoms with van der Waals surface area (Å²) in [4.78, 5) is 0. The summed E-state index contributed by atoms with van der Waals surface area (Å²) >= 11 is 3.29. The summed E-state index contributed by atoms with van der Waals surface area (Å²) < 4.78 is 11.4. The van der Waals surface area contributed by atoms with Crippen LogP contribution >= 0.6 is 15.9 Å². The van der Waals surface area contributed by atoms with Crippen LogP contribution in [0.3, 0.4) is 0 Å². The van der Waals surface area contributed by atoms with Gasteiger partial charge >= 0.3 is 18.9 Å². The molecule has 0 aliphatic carbocycles. The second kappa shape index (κ2) is 4.97. The first-order valence-electron chi connectivity index (χ1n) is 4.90. The van der Waals surface area contributed by atoms with Gasteiger partial charge in [-0.2, -0.15) is 0 Å². The molecular formula is C12H12BrLiO3. The second-order valence-corrected chi connectivity index (χ2v) is 4.91. The molecule has 0 aromatic heterocycles. The Morgan fingerprint density at radius 1 is 1.35 bits per heavy atom. The van der Waals surface area contributed by atoms with Crippen LogP contribution in [0.1, 0.15) is 19.4 Å². The molecule has 0 bridgehead atoms. The van der Waals surface area contributed by atoms with Crippen LogP contribution in [0.15, 0.2) is 22.7 Å². The first-order valence-corrected chi connectivity index (χ1v) is 5.69. The fourth-order valence-electron chi connectivity index (χ4n) is 1.61. The van der Waals surface area contributed by atoms with Crippen LogP contribution < -0.4 is 33.4 Å². The van der Waals surface area contributed by atoms with E-state index in [1.165, 1.54) is 0 Å². The smallest absolute Gasteiger partial charge is 0.871 e. The summed E-state index contributed by atoms with van der Waals surface area (Å²) in [5.41, 5.74) is -0.0665. The Balaban J connectivity index is 0.00000144. The summed E-state index contributed by atoms with van der Waals surface area (Å²) in [6.45, 7) is 3.69. The molecule has 0 N–H and O–H groups in total. The fraction of sp³-hybridized carbons (Fsp3) is 0.333. The molecular weight excluding hydrogens is 279 g/mol. The van der Waals surface area contributed by atoms with Gasteiger partial charge in [0.25, 0.3) is 0 Å². The largest absolute Gasteiger partial charge is 1.00 e. The zero-order chi connectivity index (χ0) is 11.9. The average Bonchev–Trinajstić information content (AvgIpc) is 2.25. The van der Waals surface area contributed by atoms with Crippen molar-refractivity contribution in [3.63, 3.8) is 0 Å². The van der Waals surface area contributed by atoms with Gasteiger partial charge in [0.15, 0.2) is 0 Å². The molecule has 5 heteroatoms. The summed E-state index contributed by atoms with van der Waals surface area (Å²) in [5, 5.41) is 12.0. The predicted molar refractivity (Wildman–Crippen MR) is 63.5 cm³/mol. The molecule has 0 spiro atoms. The van der Waals surface area contributed by atoms with Gasteiger partial charge in [0.1, 0.15) is 17.1 Å². The van der Waals surface area contributed by atoms with Gasteiger partial charge in [-0.25, -0.2) is 0 Å². The van der Waals surface area contributed by atoms with Crippen LogP contribution in [0.25, 0.3) is 5.76 Å². The summed E-state index contributed by atoms with van der Waals surface area (Å²) in [6, 6.07) is 5.19. The van der Waals surface area contributed by atoms with Crippen molar-refractivity contribution in [3.8, 4) is 11.5 Å². The van der Waals surface area contributed by atoms with Crippen LogP contribution in [0.5, 0.6) is 11.5 Å². The Labute approximate surface area is 121 Å². The standard InChI is InChI=1S/C12H13BrO3.Li/c1-12(2)11(13)10(14)8-5-4-7(15-3)6-9(8)16-12;/h4-6,14H,1-3H3;/q;+1/p-1. The van der Waals surface area contributed by atoms with Gasteiger partial charge < -0.3 is 14.6 Å². The molecule has 17 heavy (non-hydrogen) atoms. The third-order valence-electron chi connectivity index (χ3n) is 2.53. The summed E-state index contributed by atoms with van der Waals surface area (Å²) in [5.74, 6) is 1.21. The van der Waals surface area contributed by atoms with E-state index >= 15 is 0 Å². The van der Waals surface area contributed by atoms with E-state index in [0.29, 0.717) is 21.5 Å². The minimum absolute atomic E-state index is 0. The first-order chi connectivity index (χ1) is 7.45. The molecule has 86 valence electrons. The molecule has 3 nitrogen and oxygen atoms in total. The maximum atomic E-state index is 12.0. The third kappa shape index (κ3) is 2.49. The molecule has 0 saturated heterocycles. The van der Waals surface area contributed by atoms with Crippen LogP contribution in [-0.4, -0.2) is 12.7 Å². The number of hydrogen-bond donors (Lipinski definition) is 0. The van der Waals surface area contributed by atoms with Gasteiger partial charge in [0.2, 0.25) is 0 Å². The van der Waals surface area contributed by atoms with Crippen molar-refractivity contribution < 1.29 is 33.4 Å². The van der Waals surface area contributed by atoms with Crippen molar-refractivity contribution in [2.24, 2.45) is 0 Å². The molecule has 1 aliphatic heterocycles. The van der Waals surface area contributed by atoms with Gasteiger partial charge in [-0.1, -0.05) is 21.7 Å². The van der Waals surface area contributed by atoms with Gasteiger partial charge in [-0.05, 0) is 26.0 Å². The Morgan fingerprint density at radius 2 is 2.00 bits per heavy atom. The zero-order valence-electron chi connectivity index (χ0n) is 10.3. The number of methoxy groups -OCH3 is 1. The van der Waals surface area contributed by atoms with Crippen LogP contribution in [0.2, 0.25) is 0 Å². The number of rotatable bonds is 1. The van der Waals surface area contributed by atoms with E-state index in [4.69, 9.17) is 9.47 Å². The molecule has 0 unspecified atom stereocenters. The topological polar surface area (TPSA) is 41.5 Å². The normalized spacial score (nSPS) is 16.7. The molecule has 1 aromatic carbocycles. The van der Waals surface area contributed by atoms with E-state index in [9.17, 15) is 5.11 Å². The van der Waals surface area contributed by atoms with Gasteiger partial charge in [0, 0.05) is 16.1 Å². The zero-order valence-corrected chi connectivity index (χ0v) is 11.9. The number of fused-ring (bicyclic) bond motifs is 1. The maximum absolute atomic E-state index is 12.0. The Hall–Kier alpha value is -0.563. The molecule has 1 aliphatic rings. The minimum Gasteiger partial charge on any atom is -0.871 e. The first kappa shape index (κ1) is 14.5. The van der Waals surface area contributed by atoms with E-state index < -0.39 is 5.60 Å². The van der Waals surface area contributed by atoms with E-state index in [2.05, 4.69) is 15.9 Å². The minimum atomic E-state index is -0.629. The Bertz CT molecular complexity index is 469. The summed E-state index contributed by atoms with van der Waals surface area (Å²) in [6.07, 6.45) is 0. The van der Waals surface area contributed by atoms with Crippen molar-refractivity contribution in [2.45, 2.75) is 19.4 Å². The fourth-order valence-corrected chi connectivity index (χ4v) is 1.91. The van der Waals surface area contributed by atoms with Crippen molar-refractivity contribution >= 4 is 21.7 Å². The molecule has 2 rings (SSSR count). The van der Waals surface area contributed by atoms with Gasteiger partial charge in [0.05, 0.1) is 7.11 Å². The average molecular weight is 291 g/mol. The van der Waals surface area contributed by atoms with E-state index in [-0.39, 0.29) is 24.6 Å². The molecule has 0 fully saturated rings. The molecule has 0 saturated carbocycles. The van der Waals surface area contributed by atoms with Crippen molar-refractivity contribution in [2.75, 3.05) is 7.11 Å². The van der Waals surface area contributed by atoms with Gasteiger partial charge in [-0.15, -0.1) is 0 Å². The number of benzene rings is 1. The SMILES string of the molecule is COc1ccc2c(c1)OC(C)(C)C(Br)=C2[O-].[Li+]. The van der Waals surface area contributed by atoms with Crippen LogP contribution in [0, 0.1) is 0 Å². The second-order valence-electron chi connectivity index (χ2n) is 4.12. The molecule has 1 heterocycles. The van der Waals surface area contributed by atoms with Crippen LogP contribution in [0.4, 0.5) is 0 Å². The molecule has 0 amide bonds. The Kier molecular flexibility index (Phi) is 4.24. The number of hydrogen-bond acceptors (Lipinski definition) is 3. The molecule has 0 radical (unpaired) electrons. The maximum Gasteiger partial charge on any atom is 1.00 e. The number of halogens is 1. The van der Waals surface area contributed by atoms with Crippen molar-refractivity contribution in [3.05, 3.63) is 28.2 Å². The number of ether oxygens (including phenoxy) is 2. The van der Waals surface area contributed by atoms with E-state index in [1.807, 2.05) is 13.8 Å². The molecule has 0 atom stereocenters. The quantitative estimate of drug-likeness (QED) is 0.642. The van der Waals surface area contributed by atoms with Crippen molar-refractivity contribution in [1.29, 1.82) is 0 Å². The van der Waals surface area contributed by atoms with Gasteiger partial charge in [-0.3, -0.25) is 0 Å². The van der Waals surface area contributed by atoms with Crippen LogP contribution in [-0.2, 0) is 0 Å². The third-order valence-corrected chi connectivity index (χ3v) is 3.84.